The molecule has 4 nitrogen and oxygen atoms in total. The SMILES string of the molecule is COC(OC)c1ccnc(C2CC2(C)C)n1. The molecule has 0 spiro atoms. The molecule has 0 amide bonds. The van der Waals surface area contributed by atoms with Crippen LogP contribution in [0.25, 0.3) is 0 Å². The summed E-state index contributed by atoms with van der Waals surface area (Å²) in [6.45, 7) is 4.47. The monoisotopic (exact) mass is 222 g/mol. The Bertz CT molecular complexity index is 358. The van der Waals surface area contributed by atoms with Crippen molar-refractivity contribution in [2.24, 2.45) is 5.41 Å². The average molecular weight is 222 g/mol. The van der Waals surface area contributed by atoms with Gasteiger partial charge in [0.15, 0.2) is 0 Å². The fourth-order valence-corrected chi connectivity index (χ4v) is 1.93. The van der Waals surface area contributed by atoms with Gasteiger partial charge in [0.1, 0.15) is 5.82 Å². The Labute approximate surface area is 96.0 Å². The summed E-state index contributed by atoms with van der Waals surface area (Å²) in [7, 11) is 3.22. The highest BCUT2D eigenvalue weighted by molar-refractivity contribution is 5.17. The van der Waals surface area contributed by atoms with Crippen LogP contribution in [0.5, 0.6) is 0 Å². The maximum atomic E-state index is 5.18. The summed E-state index contributed by atoms with van der Waals surface area (Å²) in [4.78, 5) is 8.84. The minimum Gasteiger partial charge on any atom is -0.350 e. The first-order valence-corrected chi connectivity index (χ1v) is 5.47. The average Bonchev–Trinajstić information content (AvgIpc) is 2.90. The number of hydrogen-bond acceptors (Lipinski definition) is 4. The molecule has 0 N–H and O–H groups in total. The predicted octanol–water partition coefficient (Wildman–Crippen LogP) is 2.28. The first-order chi connectivity index (χ1) is 7.58. The molecule has 1 atom stereocenters. The predicted molar refractivity (Wildman–Crippen MR) is 59.9 cm³/mol. The minimum absolute atomic E-state index is 0.342. The molecular formula is C12H18N2O2. The second-order valence-corrected chi connectivity index (χ2v) is 4.89. The highest BCUT2D eigenvalue weighted by Crippen LogP contribution is 2.57. The van der Waals surface area contributed by atoms with Crippen LogP contribution in [0.4, 0.5) is 0 Å². The maximum absolute atomic E-state index is 5.18. The van der Waals surface area contributed by atoms with Gasteiger partial charge in [0.05, 0.1) is 5.69 Å². The lowest BCUT2D eigenvalue weighted by atomic mass is 10.1. The number of methoxy groups -OCH3 is 2. The zero-order valence-electron chi connectivity index (χ0n) is 10.2. The van der Waals surface area contributed by atoms with Crippen LogP contribution < -0.4 is 0 Å². The fourth-order valence-electron chi connectivity index (χ4n) is 1.93. The van der Waals surface area contributed by atoms with Crippen LogP contribution in [0.15, 0.2) is 12.3 Å². The van der Waals surface area contributed by atoms with E-state index in [1.165, 1.54) is 0 Å². The van der Waals surface area contributed by atoms with E-state index >= 15 is 0 Å². The molecule has 1 aliphatic rings. The van der Waals surface area contributed by atoms with Crippen LogP contribution >= 0.6 is 0 Å². The fraction of sp³-hybridized carbons (Fsp3) is 0.667. The van der Waals surface area contributed by atoms with Crippen molar-refractivity contribution in [1.82, 2.24) is 9.97 Å². The van der Waals surface area contributed by atoms with E-state index in [-0.39, 0.29) is 0 Å². The first-order valence-electron chi connectivity index (χ1n) is 5.47. The Kier molecular flexibility index (Phi) is 2.95. The van der Waals surface area contributed by atoms with Crippen molar-refractivity contribution < 1.29 is 9.47 Å². The number of nitrogens with zero attached hydrogens (tertiary/aromatic N) is 2. The summed E-state index contributed by atoms with van der Waals surface area (Å²) in [6, 6.07) is 1.83. The zero-order valence-corrected chi connectivity index (χ0v) is 10.2. The van der Waals surface area contributed by atoms with Crippen molar-refractivity contribution in [1.29, 1.82) is 0 Å². The van der Waals surface area contributed by atoms with Gasteiger partial charge in [-0.3, -0.25) is 0 Å². The highest BCUT2D eigenvalue weighted by Gasteiger charge is 2.48. The third-order valence-corrected chi connectivity index (χ3v) is 3.19. The van der Waals surface area contributed by atoms with Gasteiger partial charge in [-0.25, -0.2) is 9.97 Å². The smallest absolute Gasteiger partial charge is 0.200 e. The molecule has 1 heterocycles. The van der Waals surface area contributed by atoms with Crippen LogP contribution in [0, 0.1) is 5.41 Å². The topological polar surface area (TPSA) is 44.2 Å². The van der Waals surface area contributed by atoms with E-state index in [1.807, 2.05) is 6.07 Å². The van der Waals surface area contributed by atoms with Crippen molar-refractivity contribution in [3.05, 3.63) is 23.8 Å². The molecule has 1 aromatic heterocycles. The molecule has 2 rings (SSSR count). The van der Waals surface area contributed by atoms with Crippen molar-refractivity contribution >= 4 is 0 Å². The van der Waals surface area contributed by atoms with Crippen LogP contribution in [-0.2, 0) is 9.47 Å². The van der Waals surface area contributed by atoms with Gasteiger partial charge in [-0.15, -0.1) is 0 Å². The summed E-state index contributed by atoms with van der Waals surface area (Å²) in [6.07, 6.45) is 2.53. The van der Waals surface area contributed by atoms with Gasteiger partial charge in [0.25, 0.3) is 0 Å². The first kappa shape index (κ1) is 11.5. The normalized spacial score (nSPS) is 22.4. The molecule has 0 radical (unpaired) electrons. The van der Waals surface area contributed by atoms with E-state index in [2.05, 4.69) is 23.8 Å². The molecule has 1 unspecified atom stereocenters. The van der Waals surface area contributed by atoms with E-state index in [0.717, 1.165) is 17.9 Å². The van der Waals surface area contributed by atoms with Crippen LogP contribution in [-0.4, -0.2) is 24.2 Å². The van der Waals surface area contributed by atoms with Gasteiger partial charge in [0.2, 0.25) is 6.29 Å². The van der Waals surface area contributed by atoms with Gasteiger partial charge in [0, 0.05) is 26.3 Å². The minimum atomic E-state index is -0.399. The number of aromatic nitrogens is 2. The Balaban J connectivity index is 2.20. The molecule has 0 bridgehead atoms. The van der Waals surface area contributed by atoms with Crippen LogP contribution in [0.1, 0.15) is 44.0 Å². The van der Waals surface area contributed by atoms with E-state index in [4.69, 9.17) is 9.47 Å². The zero-order chi connectivity index (χ0) is 11.8. The molecule has 88 valence electrons. The van der Waals surface area contributed by atoms with E-state index in [1.54, 1.807) is 20.4 Å². The number of rotatable bonds is 4. The quantitative estimate of drug-likeness (QED) is 0.733. The standard InChI is InChI=1S/C12H18N2O2/c1-12(2)7-8(12)10-13-6-5-9(14-10)11(15-3)16-4/h5-6,8,11H,7H2,1-4H3. The molecule has 1 aliphatic carbocycles. The van der Waals surface area contributed by atoms with Crippen LogP contribution in [0.3, 0.4) is 0 Å². The van der Waals surface area contributed by atoms with Gasteiger partial charge in [-0.2, -0.15) is 0 Å². The summed E-state index contributed by atoms with van der Waals surface area (Å²) in [5.41, 5.74) is 1.13. The lowest BCUT2D eigenvalue weighted by Gasteiger charge is -2.13. The van der Waals surface area contributed by atoms with Crippen molar-refractivity contribution in [2.45, 2.75) is 32.5 Å². The molecule has 1 aromatic rings. The third-order valence-electron chi connectivity index (χ3n) is 3.19. The van der Waals surface area contributed by atoms with Crippen molar-refractivity contribution in [3.8, 4) is 0 Å². The molecule has 1 fully saturated rings. The van der Waals surface area contributed by atoms with E-state index in [0.29, 0.717) is 11.3 Å². The second kappa shape index (κ2) is 4.11. The lowest BCUT2D eigenvalue weighted by molar-refractivity contribution is -0.108. The van der Waals surface area contributed by atoms with Crippen molar-refractivity contribution in [3.63, 3.8) is 0 Å². The second-order valence-electron chi connectivity index (χ2n) is 4.89. The molecule has 0 aromatic carbocycles. The number of hydrogen-bond donors (Lipinski definition) is 0. The van der Waals surface area contributed by atoms with Gasteiger partial charge < -0.3 is 9.47 Å². The maximum Gasteiger partial charge on any atom is 0.200 e. The lowest BCUT2D eigenvalue weighted by Crippen LogP contribution is -2.08. The third kappa shape index (κ3) is 2.08. The molecule has 0 aliphatic heterocycles. The summed E-state index contributed by atoms with van der Waals surface area (Å²) in [5.74, 6) is 1.38. The Morgan fingerprint density at radius 3 is 2.50 bits per heavy atom. The summed E-state index contributed by atoms with van der Waals surface area (Å²) < 4.78 is 10.4. The largest absolute Gasteiger partial charge is 0.350 e. The van der Waals surface area contributed by atoms with Gasteiger partial charge >= 0.3 is 0 Å². The molecule has 4 heteroatoms. The molecule has 1 saturated carbocycles. The van der Waals surface area contributed by atoms with Gasteiger partial charge in [-0.05, 0) is 17.9 Å². The summed E-state index contributed by atoms with van der Waals surface area (Å²) in [5, 5.41) is 0. The highest BCUT2D eigenvalue weighted by atomic mass is 16.7. The van der Waals surface area contributed by atoms with E-state index in [9.17, 15) is 0 Å². The Hall–Kier alpha value is -1.00. The molecular weight excluding hydrogens is 204 g/mol. The Morgan fingerprint density at radius 1 is 1.38 bits per heavy atom. The van der Waals surface area contributed by atoms with E-state index < -0.39 is 6.29 Å². The molecule has 0 saturated heterocycles. The van der Waals surface area contributed by atoms with Crippen LogP contribution in [0.2, 0.25) is 0 Å². The number of ether oxygens (including phenoxy) is 2. The molecule has 16 heavy (non-hydrogen) atoms. The van der Waals surface area contributed by atoms with Gasteiger partial charge in [-0.1, -0.05) is 13.8 Å². The van der Waals surface area contributed by atoms with Crippen molar-refractivity contribution in [2.75, 3.05) is 14.2 Å². The summed E-state index contributed by atoms with van der Waals surface area (Å²) >= 11 is 0. The Morgan fingerprint density at radius 2 is 2.00 bits per heavy atom.